The van der Waals surface area contributed by atoms with Gasteiger partial charge in [0, 0.05) is 24.7 Å². The standard InChI is InChI=1S/C26H28F3NO3/c1-25(2)12-18-22(20(31)13-25)21(15-6-4-5-7-15)23(19(30-18)14-33-3)24(32)16-8-10-17(11-9-16)26(27,28)29/h8-11,15H,4-7,12-14H2,1-3H3. The van der Waals surface area contributed by atoms with Crippen molar-refractivity contribution in [1.82, 2.24) is 4.98 Å². The molecule has 0 spiro atoms. The molecule has 4 rings (SSSR count). The maximum absolute atomic E-state index is 13.7. The Kier molecular flexibility index (Phi) is 6.20. The summed E-state index contributed by atoms with van der Waals surface area (Å²) in [5, 5.41) is 0. The molecule has 0 N–H and O–H groups in total. The number of hydrogen-bond donors (Lipinski definition) is 0. The van der Waals surface area contributed by atoms with E-state index in [9.17, 15) is 22.8 Å². The van der Waals surface area contributed by atoms with Crippen LogP contribution in [0.1, 0.15) is 101 Å². The van der Waals surface area contributed by atoms with Crippen molar-refractivity contribution in [3.8, 4) is 0 Å². The molecule has 1 saturated carbocycles. The van der Waals surface area contributed by atoms with Crippen LogP contribution in [0.25, 0.3) is 0 Å². The van der Waals surface area contributed by atoms with E-state index in [1.807, 2.05) is 13.8 Å². The highest BCUT2D eigenvalue weighted by molar-refractivity contribution is 6.13. The second-order valence-corrected chi connectivity index (χ2v) is 9.93. The number of carbonyl (C=O) groups is 2. The van der Waals surface area contributed by atoms with Crippen LogP contribution in [0.5, 0.6) is 0 Å². The van der Waals surface area contributed by atoms with Crippen molar-refractivity contribution in [3.05, 3.63) is 63.5 Å². The fraction of sp³-hybridized carbons (Fsp3) is 0.500. The first kappa shape index (κ1) is 23.6. The number of carbonyl (C=O) groups excluding carboxylic acids is 2. The molecule has 2 aliphatic carbocycles. The Morgan fingerprint density at radius 1 is 1.12 bits per heavy atom. The number of Topliss-reactive ketones (excluding diaryl/α,β-unsaturated/α-hetero) is 1. The number of benzene rings is 1. The van der Waals surface area contributed by atoms with Crippen molar-refractivity contribution in [2.75, 3.05) is 7.11 Å². The molecule has 0 saturated heterocycles. The second-order valence-electron chi connectivity index (χ2n) is 9.93. The van der Waals surface area contributed by atoms with Gasteiger partial charge < -0.3 is 4.74 Å². The molecular formula is C26H28F3NO3. The summed E-state index contributed by atoms with van der Waals surface area (Å²) in [5.74, 6) is -0.373. The molecule has 1 fully saturated rings. The van der Waals surface area contributed by atoms with Gasteiger partial charge in [0.15, 0.2) is 11.6 Å². The molecule has 0 unspecified atom stereocenters. The summed E-state index contributed by atoms with van der Waals surface area (Å²) in [6.07, 6.45) is 0.270. The third-order valence-electron chi connectivity index (χ3n) is 6.70. The molecule has 33 heavy (non-hydrogen) atoms. The molecule has 2 aliphatic rings. The van der Waals surface area contributed by atoms with Crippen LogP contribution in [0.15, 0.2) is 24.3 Å². The average Bonchev–Trinajstić information content (AvgIpc) is 3.25. The molecule has 1 aromatic carbocycles. The molecule has 176 valence electrons. The van der Waals surface area contributed by atoms with Crippen LogP contribution in [-0.2, 0) is 23.9 Å². The number of hydrogen-bond acceptors (Lipinski definition) is 4. The van der Waals surface area contributed by atoms with Crippen molar-refractivity contribution < 1.29 is 27.5 Å². The molecule has 1 aromatic heterocycles. The number of pyridine rings is 1. The summed E-state index contributed by atoms with van der Waals surface area (Å²) in [5.41, 5.74) is 1.87. The van der Waals surface area contributed by atoms with Crippen molar-refractivity contribution in [3.63, 3.8) is 0 Å². The van der Waals surface area contributed by atoms with Gasteiger partial charge in [-0.2, -0.15) is 13.2 Å². The van der Waals surface area contributed by atoms with Crippen molar-refractivity contribution in [2.24, 2.45) is 5.41 Å². The fourth-order valence-corrected chi connectivity index (χ4v) is 5.26. The van der Waals surface area contributed by atoms with E-state index in [1.165, 1.54) is 19.2 Å². The molecule has 0 aliphatic heterocycles. The second kappa shape index (κ2) is 8.67. The lowest BCUT2D eigenvalue weighted by Crippen LogP contribution is -2.31. The predicted octanol–water partition coefficient (Wildman–Crippen LogP) is 6.29. The largest absolute Gasteiger partial charge is 0.416 e. The smallest absolute Gasteiger partial charge is 0.378 e. The van der Waals surface area contributed by atoms with Crippen LogP contribution < -0.4 is 0 Å². The van der Waals surface area contributed by atoms with Crippen molar-refractivity contribution >= 4 is 11.6 Å². The molecule has 0 bridgehead atoms. The Morgan fingerprint density at radius 3 is 2.33 bits per heavy atom. The van der Waals surface area contributed by atoms with Gasteiger partial charge in [-0.3, -0.25) is 14.6 Å². The third-order valence-corrected chi connectivity index (χ3v) is 6.70. The number of fused-ring (bicyclic) bond motifs is 1. The Balaban J connectivity index is 1.92. The topological polar surface area (TPSA) is 56.3 Å². The van der Waals surface area contributed by atoms with E-state index in [1.54, 1.807) is 0 Å². The van der Waals surface area contributed by atoms with E-state index in [2.05, 4.69) is 0 Å². The molecule has 0 atom stereocenters. The summed E-state index contributed by atoms with van der Waals surface area (Å²) in [6.45, 7) is 4.15. The number of rotatable bonds is 5. The van der Waals surface area contributed by atoms with Gasteiger partial charge in [-0.15, -0.1) is 0 Å². The Hall–Kier alpha value is -2.54. The SMILES string of the molecule is COCc1nc2c(c(C3CCCC3)c1C(=O)c1ccc(C(F)(F)F)cc1)C(=O)CC(C)(C)C2. The number of nitrogens with zero attached hydrogens (tertiary/aromatic N) is 1. The normalized spacial score (nSPS) is 18.4. The zero-order valence-electron chi connectivity index (χ0n) is 19.1. The van der Waals surface area contributed by atoms with Crippen LogP contribution in [0.4, 0.5) is 13.2 Å². The summed E-state index contributed by atoms with van der Waals surface area (Å²) >= 11 is 0. The van der Waals surface area contributed by atoms with Gasteiger partial charge >= 0.3 is 6.18 Å². The van der Waals surface area contributed by atoms with Gasteiger partial charge in [-0.05, 0) is 48.3 Å². The van der Waals surface area contributed by atoms with Crippen LogP contribution in [-0.4, -0.2) is 23.7 Å². The van der Waals surface area contributed by atoms with Gasteiger partial charge in [0.25, 0.3) is 0 Å². The Morgan fingerprint density at radius 2 is 1.76 bits per heavy atom. The molecular weight excluding hydrogens is 431 g/mol. The van der Waals surface area contributed by atoms with Crippen LogP contribution in [0.3, 0.4) is 0 Å². The Labute approximate surface area is 191 Å². The van der Waals surface area contributed by atoms with Gasteiger partial charge in [0.1, 0.15) is 0 Å². The minimum Gasteiger partial charge on any atom is -0.378 e. The molecule has 7 heteroatoms. The maximum atomic E-state index is 13.7. The van der Waals surface area contributed by atoms with Crippen LogP contribution in [0, 0.1) is 5.41 Å². The lowest BCUT2D eigenvalue weighted by Gasteiger charge is -2.33. The van der Waals surface area contributed by atoms with E-state index < -0.39 is 17.5 Å². The molecule has 0 amide bonds. The monoisotopic (exact) mass is 459 g/mol. The zero-order chi connectivity index (χ0) is 24.0. The van der Waals surface area contributed by atoms with Gasteiger partial charge in [-0.1, -0.05) is 38.8 Å². The third kappa shape index (κ3) is 4.60. The van der Waals surface area contributed by atoms with Gasteiger partial charge in [0.2, 0.25) is 0 Å². The van der Waals surface area contributed by atoms with E-state index in [0.29, 0.717) is 35.4 Å². The van der Waals surface area contributed by atoms with E-state index in [-0.39, 0.29) is 29.3 Å². The molecule has 2 aromatic rings. The highest BCUT2D eigenvalue weighted by atomic mass is 19.4. The number of methoxy groups -OCH3 is 1. The first-order chi connectivity index (χ1) is 15.5. The first-order valence-electron chi connectivity index (χ1n) is 11.3. The summed E-state index contributed by atoms with van der Waals surface area (Å²) in [4.78, 5) is 31.8. The molecule has 0 radical (unpaired) electrons. The maximum Gasteiger partial charge on any atom is 0.416 e. The molecule has 1 heterocycles. The van der Waals surface area contributed by atoms with E-state index >= 15 is 0 Å². The molecule has 4 nitrogen and oxygen atoms in total. The summed E-state index contributed by atoms with van der Waals surface area (Å²) in [6, 6.07) is 4.23. The summed E-state index contributed by atoms with van der Waals surface area (Å²) in [7, 11) is 1.51. The minimum absolute atomic E-state index is 0.0129. The van der Waals surface area contributed by atoms with Gasteiger partial charge in [-0.25, -0.2) is 0 Å². The van der Waals surface area contributed by atoms with Crippen molar-refractivity contribution in [2.45, 2.75) is 71.1 Å². The zero-order valence-corrected chi connectivity index (χ0v) is 19.1. The lowest BCUT2D eigenvalue weighted by molar-refractivity contribution is -0.137. The lowest BCUT2D eigenvalue weighted by atomic mass is 9.71. The predicted molar refractivity (Wildman–Crippen MR) is 117 cm³/mol. The average molecular weight is 460 g/mol. The number of ether oxygens (including phenoxy) is 1. The number of halogens is 3. The number of ketones is 2. The van der Waals surface area contributed by atoms with Crippen LogP contribution in [0.2, 0.25) is 0 Å². The fourth-order valence-electron chi connectivity index (χ4n) is 5.26. The van der Waals surface area contributed by atoms with Gasteiger partial charge in [0.05, 0.1) is 29.1 Å². The van der Waals surface area contributed by atoms with Crippen LogP contribution >= 0.6 is 0 Å². The number of aromatic nitrogens is 1. The summed E-state index contributed by atoms with van der Waals surface area (Å²) < 4.78 is 44.4. The minimum atomic E-state index is -4.48. The first-order valence-corrected chi connectivity index (χ1v) is 11.3. The number of alkyl halides is 3. The Bertz CT molecular complexity index is 1080. The van der Waals surface area contributed by atoms with E-state index in [4.69, 9.17) is 9.72 Å². The van der Waals surface area contributed by atoms with E-state index in [0.717, 1.165) is 43.4 Å². The quantitative estimate of drug-likeness (QED) is 0.493. The highest BCUT2D eigenvalue weighted by Gasteiger charge is 2.39. The van der Waals surface area contributed by atoms with Crippen molar-refractivity contribution in [1.29, 1.82) is 0 Å². The highest BCUT2D eigenvalue weighted by Crippen LogP contribution is 2.44.